The Balaban J connectivity index is 1.64. The number of nitrogens with zero attached hydrogens (tertiary/aromatic N) is 3. The fourth-order valence-electron chi connectivity index (χ4n) is 2.44. The first-order chi connectivity index (χ1) is 12.2. The normalized spacial score (nSPS) is 10.9. The Kier molecular flexibility index (Phi) is 3.95. The van der Waals surface area contributed by atoms with Crippen LogP contribution >= 0.6 is 11.6 Å². The molecule has 4 aromatic rings. The zero-order valence-corrected chi connectivity index (χ0v) is 13.8. The molecule has 2 heterocycles. The molecule has 0 saturated heterocycles. The molecule has 0 aliphatic heterocycles. The van der Waals surface area contributed by atoms with Crippen molar-refractivity contribution < 1.29 is 4.74 Å². The summed E-state index contributed by atoms with van der Waals surface area (Å²) >= 11 is 5.93. The van der Waals surface area contributed by atoms with Crippen LogP contribution in [-0.4, -0.2) is 19.6 Å². The summed E-state index contributed by atoms with van der Waals surface area (Å²) in [6.07, 6.45) is 0. The predicted octanol–water partition coefficient (Wildman–Crippen LogP) is 3.32. The summed E-state index contributed by atoms with van der Waals surface area (Å²) in [5.41, 5.74) is 1.17. The van der Waals surface area contributed by atoms with Crippen molar-refractivity contribution in [3.63, 3.8) is 0 Å². The van der Waals surface area contributed by atoms with E-state index in [9.17, 15) is 4.79 Å². The van der Waals surface area contributed by atoms with Crippen LogP contribution in [0.4, 0.5) is 0 Å². The summed E-state index contributed by atoms with van der Waals surface area (Å²) in [5.74, 6) is 1.48. The van der Waals surface area contributed by atoms with Crippen molar-refractivity contribution in [2.75, 3.05) is 0 Å². The van der Waals surface area contributed by atoms with Crippen molar-refractivity contribution in [1.82, 2.24) is 19.6 Å². The van der Waals surface area contributed by atoms with E-state index in [1.54, 1.807) is 24.3 Å². The van der Waals surface area contributed by atoms with Crippen LogP contribution in [0.3, 0.4) is 0 Å². The molecule has 0 aliphatic rings. The van der Waals surface area contributed by atoms with Crippen LogP contribution in [0.25, 0.3) is 17.2 Å². The second-order valence-electron chi connectivity index (χ2n) is 5.42. The minimum Gasteiger partial charge on any atom is -0.487 e. The van der Waals surface area contributed by atoms with E-state index in [0.29, 0.717) is 28.1 Å². The topological polar surface area (TPSA) is 72.3 Å². The Morgan fingerprint density at radius 3 is 2.72 bits per heavy atom. The second-order valence-corrected chi connectivity index (χ2v) is 5.85. The summed E-state index contributed by atoms with van der Waals surface area (Å²) in [6, 6.07) is 18.0. The van der Waals surface area contributed by atoms with E-state index in [1.807, 2.05) is 30.3 Å². The van der Waals surface area contributed by atoms with Crippen molar-refractivity contribution in [2.45, 2.75) is 6.61 Å². The summed E-state index contributed by atoms with van der Waals surface area (Å²) in [6.45, 7) is 0.194. The zero-order valence-electron chi connectivity index (χ0n) is 13.0. The van der Waals surface area contributed by atoms with Gasteiger partial charge in [-0.25, -0.2) is 0 Å². The molecule has 25 heavy (non-hydrogen) atoms. The summed E-state index contributed by atoms with van der Waals surface area (Å²) < 4.78 is 6.90. The van der Waals surface area contributed by atoms with Gasteiger partial charge >= 0.3 is 0 Å². The van der Waals surface area contributed by atoms with Gasteiger partial charge in [0.05, 0.1) is 5.69 Å². The molecule has 124 valence electrons. The van der Waals surface area contributed by atoms with Crippen LogP contribution in [0, 0.1) is 0 Å². The smallest absolute Gasteiger partial charge is 0.276 e. The van der Waals surface area contributed by atoms with E-state index in [1.165, 1.54) is 10.6 Å². The van der Waals surface area contributed by atoms with Gasteiger partial charge in [0.25, 0.3) is 5.56 Å². The van der Waals surface area contributed by atoms with Gasteiger partial charge in [-0.05, 0) is 18.2 Å². The summed E-state index contributed by atoms with van der Waals surface area (Å²) in [5, 5.41) is 4.85. The Hall–Kier alpha value is -3.12. The van der Waals surface area contributed by atoms with E-state index in [0.717, 1.165) is 5.56 Å². The predicted molar refractivity (Wildman–Crippen MR) is 94.8 cm³/mol. The van der Waals surface area contributed by atoms with Crippen LogP contribution in [0.1, 0.15) is 5.69 Å². The number of H-pyrrole nitrogens is 1. The maximum absolute atomic E-state index is 12.3. The number of fused-ring (bicyclic) bond motifs is 1. The van der Waals surface area contributed by atoms with Crippen LogP contribution in [0.15, 0.2) is 65.5 Å². The maximum atomic E-state index is 12.3. The molecule has 6 nitrogen and oxygen atoms in total. The first-order valence-corrected chi connectivity index (χ1v) is 7.99. The van der Waals surface area contributed by atoms with Crippen molar-refractivity contribution in [3.8, 4) is 17.1 Å². The van der Waals surface area contributed by atoms with Crippen molar-refractivity contribution in [3.05, 3.63) is 81.7 Å². The number of rotatable bonds is 4. The van der Waals surface area contributed by atoms with Crippen LogP contribution in [-0.2, 0) is 6.61 Å². The molecule has 4 rings (SSSR count). The van der Waals surface area contributed by atoms with E-state index >= 15 is 0 Å². The molecule has 2 aromatic carbocycles. The highest BCUT2D eigenvalue weighted by Gasteiger charge is 2.10. The van der Waals surface area contributed by atoms with Gasteiger partial charge in [-0.15, -0.1) is 5.10 Å². The lowest BCUT2D eigenvalue weighted by Crippen LogP contribution is -2.16. The van der Waals surface area contributed by atoms with E-state index in [2.05, 4.69) is 15.1 Å². The van der Waals surface area contributed by atoms with Crippen molar-refractivity contribution in [2.24, 2.45) is 0 Å². The number of nitrogens with one attached hydrogen (secondary N) is 1. The average molecular weight is 353 g/mol. The third-order valence-corrected chi connectivity index (χ3v) is 3.84. The third-order valence-electron chi connectivity index (χ3n) is 3.61. The van der Waals surface area contributed by atoms with Gasteiger partial charge in [0, 0.05) is 16.7 Å². The molecule has 0 bridgehead atoms. The Morgan fingerprint density at radius 1 is 1.08 bits per heavy atom. The highest BCUT2D eigenvalue weighted by atomic mass is 35.5. The quantitative estimate of drug-likeness (QED) is 0.611. The second kappa shape index (κ2) is 6.41. The molecule has 0 spiro atoms. The molecule has 0 atom stereocenters. The lowest BCUT2D eigenvalue weighted by atomic mass is 10.2. The fourth-order valence-corrected chi connectivity index (χ4v) is 2.62. The number of hydrogen-bond donors (Lipinski definition) is 1. The Bertz CT molecular complexity index is 1090. The van der Waals surface area contributed by atoms with Gasteiger partial charge in [0.2, 0.25) is 5.78 Å². The monoisotopic (exact) mass is 352 g/mol. The highest BCUT2D eigenvalue weighted by Crippen LogP contribution is 2.18. The number of halogens is 1. The molecule has 0 radical (unpaired) electrons. The molecule has 0 unspecified atom stereocenters. The first kappa shape index (κ1) is 15.4. The summed E-state index contributed by atoms with van der Waals surface area (Å²) in [4.78, 5) is 19.7. The highest BCUT2D eigenvalue weighted by molar-refractivity contribution is 6.30. The van der Waals surface area contributed by atoms with Crippen LogP contribution in [0.5, 0.6) is 5.75 Å². The van der Waals surface area contributed by atoms with Crippen LogP contribution in [0.2, 0.25) is 5.02 Å². The number of benzene rings is 2. The zero-order chi connectivity index (χ0) is 17.2. The van der Waals surface area contributed by atoms with Crippen LogP contribution < -0.4 is 10.3 Å². The molecule has 0 amide bonds. The Labute approximate surface area is 147 Å². The van der Waals surface area contributed by atoms with Gasteiger partial charge in [-0.2, -0.15) is 9.50 Å². The molecule has 7 heteroatoms. The molecule has 0 fully saturated rings. The van der Waals surface area contributed by atoms with Gasteiger partial charge in [0.1, 0.15) is 12.4 Å². The molecule has 2 aromatic heterocycles. The molecular weight excluding hydrogens is 340 g/mol. The van der Waals surface area contributed by atoms with Crippen molar-refractivity contribution >= 4 is 17.4 Å². The van der Waals surface area contributed by atoms with E-state index in [4.69, 9.17) is 16.3 Å². The molecular formula is C18H13ClN4O2. The lowest BCUT2D eigenvalue weighted by molar-refractivity contribution is 0.301. The minimum absolute atomic E-state index is 0.194. The van der Waals surface area contributed by atoms with Gasteiger partial charge in [-0.1, -0.05) is 48.0 Å². The Morgan fingerprint density at radius 2 is 1.92 bits per heavy atom. The maximum Gasteiger partial charge on any atom is 0.276 e. The van der Waals surface area contributed by atoms with Gasteiger partial charge < -0.3 is 9.72 Å². The fraction of sp³-hybridized carbons (Fsp3) is 0.0556. The minimum atomic E-state index is -0.270. The first-order valence-electron chi connectivity index (χ1n) is 7.62. The number of aromatic nitrogens is 4. The number of hydrogen-bond acceptors (Lipinski definition) is 4. The van der Waals surface area contributed by atoms with E-state index in [-0.39, 0.29) is 12.2 Å². The molecule has 1 N–H and O–H groups in total. The largest absolute Gasteiger partial charge is 0.487 e. The number of ether oxygens (including phenoxy) is 1. The SMILES string of the molecule is O=c1cc(COc2cccc(Cl)c2)[nH]c2nc(-c3ccccc3)nn12. The molecule has 0 saturated carbocycles. The van der Waals surface area contributed by atoms with E-state index < -0.39 is 0 Å². The van der Waals surface area contributed by atoms with Gasteiger partial charge in [-0.3, -0.25) is 4.79 Å². The average Bonchev–Trinajstić information content (AvgIpc) is 3.06. The lowest BCUT2D eigenvalue weighted by Gasteiger charge is -2.06. The standard InChI is InChI=1S/C18H13ClN4O2/c19-13-7-4-8-15(9-13)25-11-14-10-16(24)23-18(20-14)21-17(22-23)12-5-2-1-3-6-12/h1-10H,11H2,(H,20,21,22). The van der Waals surface area contributed by atoms with Crippen molar-refractivity contribution in [1.29, 1.82) is 0 Å². The van der Waals surface area contributed by atoms with Gasteiger partial charge in [0.15, 0.2) is 5.82 Å². The number of aromatic amines is 1. The molecule has 0 aliphatic carbocycles. The third kappa shape index (κ3) is 3.25. The summed E-state index contributed by atoms with van der Waals surface area (Å²) in [7, 11) is 0.